The highest BCUT2D eigenvalue weighted by molar-refractivity contribution is 6.06. The standard InChI is InChI=1S/C22H21NO3/c1-15-9-11-19(18(13-15)16-7-5-4-6-8-16)23-22(24)17-10-12-20(25-2)21(14-17)26-3/h4-14H,1-3H3,(H,23,24). The van der Waals surface area contributed by atoms with Crippen LogP contribution in [0.2, 0.25) is 0 Å². The summed E-state index contributed by atoms with van der Waals surface area (Å²) >= 11 is 0. The lowest BCUT2D eigenvalue weighted by atomic mass is 10.0. The lowest BCUT2D eigenvalue weighted by molar-refractivity contribution is 0.102. The minimum atomic E-state index is -0.202. The van der Waals surface area contributed by atoms with E-state index in [1.807, 2.05) is 49.4 Å². The van der Waals surface area contributed by atoms with Crippen LogP contribution in [-0.4, -0.2) is 20.1 Å². The number of amides is 1. The average Bonchev–Trinajstić information content (AvgIpc) is 2.69. The van der Waals surface area contributed by atoms with Crippen molar-refractivity contribution in [1.82, 2.24) is 0 Å². The maximum atomic E-state index is 12.7. The van der Waals surface area contributed by atoms with E-state index >= 15 is 0 Å². The molecule has 3 rings (SSSR count). The number of carbonyl (C=O) groups is 1. The summed E-state index contributed by atoms with van der Waals surface area (Å²) in [6, 6.07) is 21.1. The molecule has 4 nitrogen and oxygen atoms in total. The summed E-state index contributed by atoms with van der Waals surface area (Å²) in [7, 11) is 3.11. The van der Waals surface area contributed by atoms with Crippen molar-refractivity contribution in [2.75, 3.05) is 19.5 Å². The molecule has 0 aliphatic rings. The first kappa shape index (κ1) is 17.5. The van der Waals surface area contributed by atoms with Gasteiger partial charge in [-0.3, -0.25) is 4.79 Å². The molecule has 3 aromatic rings. The van der Waals surface area contributed by atoms with Crippen molar-refractivity contribution in [3.05, 3.63) is 77.9 Å². The maximum Gasteiger partial charge on any atom is 0.255 e. The monoisotopic (exact) mass is 347 g/mol. The van der Waals surface area contributed by atoms with E-state index in [4.69, 9.17) is 9.47 Å². The van der Waals surface area contributed by atoms with Gasteiger partial charge in [0.2, 0.25) is 0 Å². The highest BCUT2D eigenvalue weighted by Crippen LogP contribution is 2.31. The zero-order valence-corrected chi connectivity index (χ0v) is 15.1. The minimum Gasteiger partial charge on any atom is -0.493 e. The molecule has 1 amide bonds. The summed E-state index contributed by atoms with van der Waals surface area (Å²) in [5, 5.41) is 3.01. The number of aryl methyl sites for hydroxylation is 1. The van der Waals surface area contributed by atoms with Gasteiger partial charge in [0, 0.05) is 16.8 Å². The highest BCUT2D eigenvalue weighted by atomic mass is 16.5. The van der Waals surface area contributed by atoms with Gasteiger partial charge in [0.25, 0.3) is 5.91 Å². The van der Waals surface area contributed by atoms with Crippen LogP contribution in [0, 0.1) is 6.92 Å². The van der Waals surface area contributed by atoms with Crippen molar-refractivity contribution < 1.29 is 14.3 Å². The third kappa shape index (κ3) is 3.70. The van der Waals surface area contributed by atoms with Gasteiger partial charge in [-0.25, -0.2) is 0 Å². The molecule has 0 unspecified atom stereocenters. The zero-order valence-electron chi connectivity index (χ0n) is 15.1. The Morgan fingerprint density at radius 1 is 0.846 bits per heavy atom. The van der Waals surface area contributed by atoms with E-state index in [9.17, 15) is 4.79 Å². The van der Waals surface area contributed by atoms with Gasteiger partial charge in [-0.1, -0.05) is 42.0 Å². The van der Waals surface area contributed by atoms with Crippen LogP contribution in [0.25, 0.3) is 11.1 Å². The Morgan fingerprint density at radius 3 is 2.27 bits per heavy atom. The Bertz CT molecular complexity index is 920. The van der Waals surface area contributed by atoms with Gasteiger partial charge in [0.1, 0.15) is 0 Å². The summed E-state index contributed by atoms with van der Waals surface area (Å²) < 4.78 is 10.5. The Balaban J connectivity index is 1.93. The lowest BCUT2D eigenvalue weighted by Crippen LogP contribution is -2.13. The number of hydrogen-bond acceptors (Lipinski definition) is 3. The van der Waals surface area contributed by atoms with Crippen LogP contribution in [0.5, 0.6) is 11.5 Å². The second-order valence-corrected chi connectivity index (χ2v) is 5.94. The Hall–Kier alpha value is -3.27. The number of carbonyl (C=O) groups excluding carboxylic acids is 1. The molecule has 0 aliphatic heterocycles. The molecule has 0 radical (unpaired) electrons. The third-order valence-corrected chi connectivity index (χ3v) is 4.15. The fraction of sp³-hybridized carbons (Fsp3) is 0.136. The van der Waals surface area contributed by atoms with Crippen LogP contribution in [0.1, 0.15) is 15.9 Å². The third-order valence-electron chi connectivity index (χ3n) is 4.15. The number of methoxy groups -OCH3 is 2. The topological polar surface area (TPSA) is 47.6 Å². The zero-order chi connectivity index (χ0) is 18.5. The number of anilines is 1. The van der Waals surface area contributed by atoms with E-state index in [1.165, 1.54) is 0 Å². The molecule has 26 heavy (non-hydrogen) atoms. The van der Waals surface area contributed by atoms with Crippen molar-refractivity contribution in [3.8, 4) is 22.6 Å². The largest absolute Gasteiger partial charge is 0.493 e. The van der Waals surface area contributed by atoms with Crippen molar-refractivity contribution in [2.45, 2.75) is 6.92 Å². The van der Waals surface area contributed by atoms with E-state index in [0.29, 0.717) is 17.1 Å². The molecule has 1 N–H and O–H groups in total. The van der Waals surface area contributed by atoms with E-state index < -0.39 is 0 Å². The first-order valence-corrected chi connectivity index (χ1v) is 8.32. The van der Waals surface area contributed by atoms with E-state index in [2.05, 4.69) is 11.4 Å². The highest BCUT2D eigenvalue weighted by Gasteiger charge is 2.13. The quantitative estimate of drug-likeness (QED) is 0.712. The van der Waals surface area contributed by atoms with Crippen LogP contribution in [-0.2, 0) is 0 Å². The van der Waals surface area contributed by atoms with Crippen LogP contribution >= 0.6 is 0 Å². The number of rotatable bonds is 5. The minimum absolute atomic E-state index is 0.202. The molecule has 0 aromatic heterocycles. The summed E-state index contributed by atoms with van der Waals surface area (Å²) in [6.07, 6.45) is 0. The number of hydrogen-bond donors (Lipinski definition) is 1. The number of benzene rings is 3. The first-order chi connectivity index (χ1) is 12.6. The molecule has 0 heterocycles. The second-order valence-electron chi connectivity index (χ2n) is 5.94. The Kier molecular flexibility index (Phi) is 5.23. The fourth-order valence-electron chi connectivity index (χ4n) is 2.80. The maximum absolute atomic E-state index is 12.7. The number of nitrogens with one attached hydrogen (secondary N) is 1. The Morgan fingerprint density at radius 2 is 1.58 bits per heavy atom. The van der Waals surface area contributed by atoms with Crippen LogP contribution in [0.4, 0.5) is 5.69 Å². The molecule has 0 bridgehead atoms. The molecule has 0 aliphatic carbocycles. The van der Waals surface area contributed by atoms with Gasteiger partial charge in [-0.2, -0.15) is 0 Å². The normalized spacial score (nSPS) is 10.3. The van der Waals surface area contributed by atoms with Crippen molar-refractivity contribution >= 4 is 11.6 Å². The number of ether oxygens (including phenoxy) is 2. The summed E-state index contributed by atoms with van der Waals surface area (Å²) in [6.45, 7) is 2.03. The smallest absolute Gasteiger partial charge is 0.255 e. The van der Waals surface area contributed by atoms with Gasteiger partial charge >= 0.3 is 0 Å². The summed E-state index contributed by atoms with van der Waals surface area (Å²) in [5.74, 6) is 0.906. The molecule has 0 saturated carbocycles. The first-order valence-electron chi connectivity index (χ1n) is 8.32. The summed E-state index contributed by atoms with van der Waals surface area (Å²) in [4.78, 5) is 12.7. The van der Waals surface area contributed by atoms with E-state index in [0.717, 1.165) is 22.4 Å². The van der Waals surface area contributed by atoms with Crippen LogP contribution < -0.4 is 14.8 Å². The SMILES string of the molecule is COc1ccc(C(=O)Nc2ccc(C)cc2-c2ccccc2)cc1OC. The molecular formula is C22H21NO3. The molecule has 3 aromatic carbocycles. The van der Waals surface area contributed by atoms with Crippen molar-refractivity contribution in [3.63, 3.8) is 0 Å². The van der Waals surface area contributed by atoms with Gasteiger partial charge in [-0.05, 0) is 42.8 Å². The van der Waals surface area contributed by atoms with E-state index in [-0.39, 0.29) is 5.91 Å². The lowest BCUT2D eigenvalue weighted by Gasteiger charge is -2.14. The molecule has 4 heteroatoms. The Labute approximate surface area is 153 Å². The van der Waals surface area contributed by atoms with Gasteiger partial charge in [-0.15, -0.1) is 0 Å². The summed E-state index contributed by atoms with van der Waals surface area (Å²) in [5.41, 5.74) is 4.44. The molecule has 132 valence electrons. The molecule has 0 atom stereocenters. The van der Waals surface area contributed by atoms with Gasteiger partial charge in [0.05, 0.1) is 14.2 Å². The average molecular weight is 347 g/mol. The van der Waals surface area contributed by atoms with Crippen LogP contribution in [0.15, 0.2) is 66.7 Å². The second kappa shape index (κ2) is 7.74. The predicted octanol–water partition coefficient (Wildman–Crippen LogP) is 4.93. The van der Waals surface area contributed by atoms with Crippen molar-refractivity contribution in [2.24, 2.45) is 0 Å². The van der Waals surface area contributed by atoms with Gasteiger partial charge < -0.3 is 14.8 Å². The van der Waals surface area contributed by atoms with Gasteiger partial charge in [0.15, 0.2) is 11.5 Å². The van der Waals surface area contributed by atoms with E-state index in [1.54, 1.807) is 32.4 Å². The fourth-order valence-corrected chi connectivity index (χ4v) is 2.80. The van der Waals surface area contributed by atoms with Crippen molar-refractivity contribution in [1.29, 1.82) is 0 Å². The molecular weight excluding hydrogens is 326 g/mol. The molecule has 0 saturated heterocycles. The molecule has 0 spiro atoms. The predicted molar refractivity (Wildman–Crippen MR) is 104 cm³/mol. The molecule has 0 fully saturated rings. The van der Waals surface area contributed by atoms with Crippen LogP contribution in [0.3, 0.4) is 0 Å².